The van der Waals surface area contributed by atoms with Gasteiger partial charge in [0.25, 0.3) is 0 Å². The molecule has 0 aromatic carbocycles. The monoisotopic (exact) mass is 202 g/mol. The summed E-state index contributed by atoms with van der Waals surface area (Å²) in [5, 5.41) is 4.30. The van der Waals surface area contributed by atoms with Crippen molar-refractivity contribution in [3.63, 3.8) is 0 Å². The van der Waals surface area contributed by atoms with Gasteiger partial charge in [-0.05, 0) is 19.9 Å². The molecule has 0 fully saturated rings. The zero-order chi connectivity index (χ0) is 9.84. The molecule has 72 valence electrons. The number of esters is 1. The van der Waals surface area contributed by atoms with Gasteiger partial charge in [0, 0.05) is 5.69 Å². The van der Waals surface area contributed by atoms with E-state index in [4.69, 9.17) is 16.3 Å². The van der Waals surface area contributed by atoms with E-state index in [-0.39, 0.29) is 12.5 Å². The van der Waals surface area contributed by atoms with E-state index in [1.165, 1.54) is 4.68 Å². The fourth-order valence-corrected chi connectivity index (χ4v) is 1.21. The molecule has 1 aromatic heterocycles. The average molecular weight is 203 g/mol. The van der Waals surface area contributed by atoms with Crippen LogP contribution in [0.15, 0.2) is 6.07 Å². The largest absolute Gasteiger partial charge is 0.465 e. The molecule has 0 radical (unpaired) electrons. The second kappa shape index (κ2) is 4.28. The zero-order valence-electron chi connectivity index (χ0n) is 7.58. The Morgan fingerprint density at radius 2 is 2.46 bits per heavy atom. The maximum Gasteiger partial charge on any atom is 0.327 e. The molecule has 0 saturated heterocycles. The lowest BCUT2D eigenvalue weighted by molar-refractivity contribution is -0.144. The molecule has 0 aliphatic carbocycles. The van der Waals surface area contributed by atoms with Crippen molar-refractivity contribution >= 4 is 17.6 Å². The van der Waals surface area contributed by atoms with Crippen molar-refractivity contribution in [2.75, 3.05) is 6.61 Å². The molecule has 0 spiro atoms. The number of nitrogens with zero attached hydrogens (tertiary/aromatic N) is 2. The van der Waals surface area contributed by atoms with Gasteiger partial charge in [0.05, 0.1) is 6.61 Å². The van der Waals surface area contributed by atoms with Crippen LogP contribution in [0.3, 0.4) is 0 Å². The maximum atomic E-state index is 11.0. The number of halogens is 1. The molecule has 1 heterocycles. The van der Waals surface area contributed by atoms with Crippen LogP contribution in [0.25, 0.3) is 0 Å². The highest BCUT2D eigenvalue weighted by atomic mass is 35.5. The van der Waals surface area contributed by atoms with E-state index in [9.17, 15) is 4.79 Å². The van der Waals surface area contributed by atoms with Crippen molar-refractivity contribution in [3.05, 3.63) is 16.9 Å². The highest BCUT2D eigenvalue weighted by molar-refractivity contribution is 6.29. The van der Waals surface area contributed by atoms with E-state index in [0.29, 0.717) is 11.8 Å². The highest BCUT2D eigenvalue weighted by Gasteiger charge is 2.07. The van der Waals surface area contributed by atoms with Gasteiger partial charge in [-0.3, -0.25) is 9.48 Å². The first-order chi connectivity index (χ1) is 6.13. The Kier molecular flexibility index (Phi) is 3.31. The smallest absolute Gasteiger partial charge is 0.327 e. The molecule has 0 N–H and O–H groups in total. The first-order valence-electron chi connectivity index (χ1n) is 3.99. The Morgan fingerprint density at radius 3 is 2.92 bits per heavy atom. The summed E-state index contributed by atoms with van der Waals surface area (Å²) in [4.78, 5) is 11.0. The Hall–Kier alpha value is -1.03. The summed E-state index contributed by atoms with van der Waals surface area (Å²) in [6.07, 6.45) is 0. The lowest BCUT2D eigenvalue weighted by Gasteiger charge is -2.03. The predicted octanol–water partition coefficient (Wildman–Crippen LogP) is 1.41. The van der Waals surface area contributed by atoms with Crippen LogP contribution in [0.5, 0.6) is 0 Å². The van der Waals surface area contributed by atoms with Crippen LogP contribution in [-0.4, -0.2) is 22.4 Å². The Balaban J connectivity index is 2.63. The predicted molar refractivity (Wildman–Crippen MR) is 48.6 cm³/mol. The van der Waals surface area contributed by atoms with Gasteiger partial charge in [0.15, 0.2) is 5.15 Å². The molecule has 0 aliphatic rings. The summed E-state index contributed by atoms with van der Waals surface area (Å²) in [6, 6.07) is 1.70. The van der Waals surface area contributed by atoms with Crippen LogP contribution in [0.2, 0.25) is 5.15 Å². The van der Waals surface area contributed by atoms with E-state index >= 15 is 0 Å². The summed E-state index contributed by atoms with van der Waals surface area (Å²) < 4.78 is 6.28. The molecular weight excluding hydrogens is 192 g/mol. The maximum absolute atomic E-state index is 11.0. The topological polar surface area (TPSA) is 44.1 Å². The second-order valence-corrected chi connectivity index (χ2v) is 2.96. The van der Waals surface area contributed by atoms with Crippen molar-refractivity contribution in [2.45, 2.75) is 20.4 Å². The number of carbonyl (C=O) groups is 1. The van der Waals surface area contributed by atoms with E-state index < -0.39 is 0 Å². The molecule has 0 amide bonds. The standard InChI is InChI=1S/C8H11ClN2O2/c1-3-13-8(12)5-11-6(2)4-7(9)10-11/h4H,3,5H2,1-2H3. The van der Waals surface area contributed by atoms with Gasteiger partial charge < -0.3 is 4.74 Å². The molecule has 0 aliphatic heterocycles. The average Bonchev–Trinajstić information content (AvgIpc) is 2.30. The number of aromatic nitrogens is 2. The first-order valence-corrected chi connectivity index (χ1v) is 4.37. The number of carbonyl (C=O) groups excluding carboxylic acids is 1. The van der Waals surface area contributed by atoms with E-state index in [1.54, 1.807) is 13.0 Å². The number of hydrogen-bond acceptors (Lipinski definition) is 3. The van der Waals surface area contributed by atoms with Gasteiger partial charge in [-0.2, -0.15) is 5.10 Å². The molecule has 0 bridgehead atoms. The number of aryl methyl sites for hydroxylation is 1. The minimum atomic E-state index is -0.301. The Labute approximate surface area is 81.4 Å². The SMILES string of the molecule is CCOC(=O)Cn1nc(Cl)cc1C. The summed E-state index contributed by atoms with van der Waals surface area (Å²) in [7, 11) is 0. The van der Waals surface area contributed by atoms with Gasteiger partial charge in [0.2, 0.25) is 0 Å². The Bertz CT molecular complexity index is 309. The zero-order valence-corrected chi connectivity index (χ0v) is 8.34. The second-order valence-electron chi connectivity index (χ2n) is 2.57. The van der Waals surface area contributed by atoms with Crippen LogP contribution in [0.1, 0.15) is 12.6 Å². The quantitative estimate of drug-likeness (QED) is 0.697. The van der Waals surface area contributed by atoms with Crippen LogP contribution in [0, 0.1) is 6.92 Å². The van der Waals surface area contributed by atoms with Crippen LogP contribution < -0.4 is 0 Å². The third-order valence-electron chi connectivity index (χ3n) is 1.54. The summed E-state index contributed by atoms with van der Waals surface area (Å²) in [5.74, 6) is -0.301. The summed E-state index contributed by atoms with van der Waals surface area (Å²) in [6.45, 7) is 4.10. The molecule has 5 heteroatoms. The molecule has 13 heavy (non-hydrogen) atoms. The minimum Gasteiger partial charge on any atom is -0.465 e. The molecule has 4 nitrogen and oxygen atoms in total. The molecule has 1 rings (SSSR count). The summed E-state index contributed by atoms with van der Waals surface area (Å²) in [5.41, 5.74) is 0.845. The van der Waals surface area contributed by atoms with Gasteiger partial charge in [-0.1, -0.05) is 11.6 Å². The molecular formula is C8H11ClN2O2. The van der Waals surface area contributed by atoms with E-state index in [2.05, 4.69) is 5.10 Å². The number of ether oxygens (including phenoxy) is 1. The number of rotatable bonds is 3. The lowest BCUT2D eigenvalue weighted by atomic mass is 10.5. The van der Waals surface area contributed by atoms with Crippen molar-refractivity contribution in [1.29, 1.82) is 0 Å². The fourth-order valence-electron chi connectivity index (χ4n) is 0.959. The van der Waals surface area contributed by atoms with Crippen molar-refractivity contribution in [2.24, 2.45) is 0 Å². The third-order valence-corrected chi connectivity index (χ3v) is 1.72. The van der Waals surface area contributed by atoms with Crippen molar-refractivity contribution < 1.29 is 9.53 Å². The minimum absolute atomic E-state index is 0.117. The molecule has 0 unspecified atom stereocenters. The van der Waals surface area contributed by atoms with E-state index in [0.717, 1.165) is 5.69 Å². The van der Waals surface area contributed by atoms with Gasteiger partial charge in [-0.25, -0.2) is 0 Å². The van der Waals surface area contributed by atoms with Crippen LogP contribution >= 0.6 is 11.6 Å². The number of hydrogen-bond donors (Lipinski definition) is 0. The van der Waals surface area contributed by atoms with Gasteiger partial charge in [0.1, 0.15) is 6.54 Å². The molecule has 0 saturated carbocycles. The normalized spacial score (nSPS) is 10.1. The third kappa shape index (κ3) is 2.73. The Morgan fingerprint density at radius 1 is 1.77 bits per heavy atom. The van der Waals surface area contributed by atoms with Gasteiger partial charge >= 0.3 is 5.97 Å². The lowest BCUT2D eigenvalue weighted by Crippen LogP contribution is -2.15. The highest BCUT2D eigenvalue weighted by Crippen LogP contribution is 2.08. The van der Waals surface area contributed by atoms with Crippen molar-refractivity contribution in [1.82, 2.24) is 9.78 Å². The van der Waals surface area contributed by atoms with Crippen LogP contribution in [-0.2, 0) is 16.1 Å². The van der Waals surface area contributed by atoms with Crippen LogP contribution in [0.4, 0.5) is 0 Å². The van der Waals surface area contributed by atoms with E-state index in [1.807, 2.05) is 6.92 Å². The van der Waals surface area contributed by atoms with Crippen molar-refractivity contribution in [3.8, 4) is 0 Å². The first kappa shape index (κ1) is 10.1. The molecule has 0 atom stereocenters. The van der Waals surface area contributed by atoms with Gasteiger partial charge in [-0.15, -0.1) is 0 Å². The summed E-state index contributed by atoms with van der Waals surface area (Å²) >= 11 is 5.64. The molecule has 1 aromatic rings. The fraction of sp³-hybridized carbons (Fsp3) is 0.500.